The molecule has 6 heteroatoms. The van der Waals surface area contributed by atoms with E-state index >= 15 is 0 Å². The van der Waals surface area contributed by atoms with Gasteiger partial charge in [0, 0.05) is 5.02 Å². The van der Waals surface area contributed by atoms with E-state index in [2.05, 4.69) is 15.7 Å². The number of rotatable bonds is 2. The summed E-state index contributed by atoms with van der Waals surface area (Å²) in [6.45, 7) is 0. The molecule has 0 unspecified atom stereocenters. The number of hydrogen-bond donors (Lipinski definition) is 3. The van der Waals surface area contributed by atoms with Crippen LogP contribution in [0, 0.1) is 5.82 Å². The molecule has 1 aromatic carbocycles. The van der Waals surface area contributed by atoms with Gasteiger partial charge in [0.2, 0.25) is 5.96 Å². The first-order chi connectivity index (χ1) is 8.69. The zero-order valence-electron chi connectivity index (χ0n) is 9.92. The van der Waals surface area contributed by atoms with Crippen LogP contribution >= 0.6 is 11.6 Å². The van der Waals surface area contributed by atoms with E-state index in [0.29, 0.717) is 11.0 Å². The second-order valence-corrected chi connectivity index (χ2v) is 4.75. The van der Waals surface area contributed by atoms with Crippen molar-refractivity contribution in [3.63, 3.8) is 0 Å². The first kappa shape index (κ1) is 13.1. The van der Waals surface area contributed by atoms with Crippen LogP contribution in [0.3, 0.4) is 0 Å². The van der Waals surface area contributed by atoms with E-state index in [4.69, 9.17) is 17.4 Å². The number of hydrazine groups is 1. The highest BCUT2D eigenvalue weighted by Crippen LogP contribution is 2.22. The van der Waals surface area contributed by atoms with Crippen molar-refractivity contribution in [1.29, 1.82) is 0 Å². The van der Waals surface area contributed by atoms with E-state index in [0.717, 1.165) is 12.8 Å². The van der Waals surface area contributed by atoms with Crippen molar-refractivity contribution in [2.45, 2.75) is 31.7 Å². The molecule has 0 aromatic heterocycles. The van der Waals surface area contributed by atoms with E-state index in [1.807, 2.05) is 0 Å². The lowest BCUT2D eigenvalue weighted by molar-refractivity contribution is 0.631. The molecular formula is C12H16ClFN4. The average molecular weight is 271 g/mol. The Kier molecular flexibility index (Phi) is 4.38. The molecule has 0 amide bonds. The quantitative estimate of drug-likeness (QED) is 0.335. The maximum absolute atomic E-state index is 13.5. The Morgan fingerprint density at radius 2 is 2.11 bits per heavy atom. The predicted octanol–water partition coefficient (Wildman–Crippen LogP) is 2.65. The molecule has 0 aliphatic heterocycles. The second-order valence-electron chi connectivity index (χ2n) is 4.31. The van der Waals surface area contributed by atoms with Crippen LogP contribution in [-0.2, 0) is 0 Å². The fraction of sp³-hybridized carbons (Fsp3) is 0.417. The molecule has 0 radical (unpaired) electrons. The predicted molar refractivity (Wildman–Crippen MR) is 72.0 cm³/mol. The maximum atomic E-state index is 13.5. The second kappa shape index (κ2) is 6.02. The Morgan fingerprint density at radius 3 is 2.78 bits per heavy atom. The molecule has 1 aromatic rings. The van der Waals surface area contributed by atoms with Gasteiger partial charge in [-0.15, -0.1) is 0 Å². The van der Waals surface area contributed by atoms with E-state index in [1.54, 1.807) is 0 Å². The molecule has 0 spiro atoms. The summed E-state index contributed by atoms with van der Waals surface area (Å²) in [6, 6.07) is 4.55. The molecule has 98 valence electrons. The minimum atomic E-state index is -0.395. The third kappa shape index (κ3) is 3.34. The lowest BCUT2D eigenvalue weighted by atomic mass is 10.3. The van der Waals surface area contributed by atoms with Crippen molar-refractivity contribution < 1.29 is 4.39 Å². The molecular weight excluding hydrogens is 255 g/mol. The van der Waals surface area contributed by atoms with Crippen LogP contribution in [0.5, 0.6) is 0 Å². The smallest absolute Gasteiger partial charge is 0.210 e. The zero-order chi connectivity index (χ0) is 13.0. The lowest BCUT2D eigenvalue weighted by Crippen LogP contribution is -2.37. The number of benzene rings is 1. The summed E-state index contributed by atoms with van der Waals surface area (Å²) in [6.07, 6.45) is 4.45. The Morgan fingerprint density at radius 1 is 1.39 bits per heavy atom. The molecule has 4 nitrogen and oxygen atoms in total. The van der Waals surface area contributed by atoms with Crippen LogP contribution in [0.25, 0.3) is 0 Å². The molecule has 1 aliphatic rings. The van der Waals surface area contributed by atoms with Crippen LogP contribution in [0.1, 0.15) is 25.7 Å². The first-order valence-electron chi connectivity index (χ1n) is 5.95. The molecule has 18 heavy (non-hydrogen) atoms. The Balaban J connectivity index is 2.11. The normalized spacial score (nSPS) is 16.9. The Labute approximate surface area is 110 Å². The van der Waals surface area contributed by atoms with Gasteiger partial charge in [-0.2, -0.15) is 0 Å². The van der Waals surface area contributed by atoms with Crippen LogP contribution in [0.2, 0.25) is 5.02 Å². The number of anilines is 1. The van der Waals surface area contributed by atoms with Crippen molar-refractivity contribution in [3.05, 3.63) is 29.0 Å². The number of halogens is 2. The molecule has 0 saturated heterocycles. The number of guanidine groups is 1. The first-order valence-corrected chi connectivity index (χ1v) is 6.33. The molecule has 1 aliphatic carbocycles. The molecule has 0 bridgehead atoms. The number of hydrogen-bond acceptors (Lipinski definition) is 2. The molecule has 1 saturated carbocycles. The standard InChI is InChI=1S/C12H16ClFN4/c13-8-5-6-10(14)11(7-8)17-12(18-15)16-9-3-1-2-4-9/h5-7,9H,1-4,15H2,(H2,16,17,18). The minimum absolute atomic E-state index is 0.255. The molecule has 0 atom stereocenters. The van der Waals surface area contributed by atoms with Crippen LogP contribution in [0.15, 0.2) is 23.2 Å². The van der Waals surface area contributed by atoms with Gasteiger partial charge < -0.3 is 5.32 Å². The Hall–Kier alpha value is -1.33. The van der Waals surface area contributed by atoms with Gasteiger partial charge in [0.15, 0.2) is 0 Å². The van der Waals surface area contributed by atoms with Gasteiger partial charge in [-0.3, -0.25) is 5.43 Å². The largest absolute Gasteiger partial charge is 0.323 e. The van der Waals surface area contributed by atoms with E-state index in [1.165, 1.54) is 31.0 Å². The summed E-state index contributed by atoms with van der Waals surface area (Å²) in [4.78, 5) is 4.42. The summed E-state index contributed by atoms with van der Waals surface area (Å²) < 4.78 is 13.5. The van der Waals surface area contributed by atoms with Crippen molar-refractivity contribution in [2.24, 2.45) is 10.8 Å². The van der Waals surface area contributed by atoms with Gasteiger partial charge in [-0.25, -0.2) is 15.2 Å². The number of aliphatic imine (C=N–C) groups is 1. The van der Waals surface area contributed by atoms with Gasteiger partial charge in [-0.05, 0) is 31.0 Å². The van der Waals surface area contributed by atoms with Crippen LogP contribution in [-0.4, -0.2) is 12.0 Å². The van der Waals surface area contributed by atoms with Gasteiger partial charge >= 0.3 is 0 Å². The maximum Gasteiger partial charge on any atom is 0.210 e. The fourth-order valence-corrected chi connectivity index (χ4v) is 2.21. The number of nitrogens with zero attached hydrogens (tertiary/aromatic N) is 1. The van der Waals surface area contributed by atoms with Crippen molar-refractivity contribution in [1.82, 2.24) is 5.43 Å². The molecule has 2 rings (SSSR count). The van der Waals surface area contributed by atoms with Crippen molar-refractivity contribution >= 4 is 23.2 Å². The summed E-state index contributed by atoms with van der Waals surface area (Å²) in [7, 11) is 0. The van der Waals surface area contributed by atoms with Crippen molar-refractivity contribution in [3.8, 4) is 0 Å². The third-order valence-electron chi connectivity index (χ3n) is 2.95. The molecule has 1 fully saturated rings. The fourth-order valence-electron chi connectivity index (χ4n) is 2.04. The summed E-state index contributed by atoms with van der Waals surface area (Å²) >= 11 is 5.82. The van der Waals surface area contributed by atoms with Crippen molar-refractivity contribution in [2.75, 3.05) is 5.32 Å². The van der Waals surface area contributed by atoms with E-state index in [-0.39, 0.29) is 11.7 Å². The highest BCUT2D eigenvalue weighted by Gasteiger charge is 2.15. The van der Waals surface area contributed by atoms with Gasteiger partial charge in [0.25, 0.3) is 0 Å². The molecule has 4 N–H and O–H groups in total. The highest BCUT2D eigenvalue weighted by molar-refractivity contribution is 6.30. The summed E-state index contributed by atoms with van der Waals surface area (Å²) in [5.74, 6) is 5.36. The topological polar surface area (TPSA) is 62.4 Å². The average Bonchev–Trinajstić information content (AvgIpc) is 2.85. The Bertz CT molecular complexity index is 444. The lowest BCUT2D eigenvalue weighted by Gasteiger charge is -2.12. The van der Waals surface area contributed by atoms with Gasteiger partial charge in [-0.1, -0.05) is 24.4 Å². The minimum Gasteiger partial charge on any atom is -0.323 e. The SMILES string of the molecule is NNC(=NC1CCCC1)Nc1cc(Cl)ccc1F. The van der Waals surface area contributed by atoms with Crippen LogP contribution in [0.4, 0.5) is 10.1 Å². The van der Waals surface area contributed by atoms with Gasteiger partial charge in [0.05, 0.1) is 11.7 Å². The molecule has 0 heterocycles. The van der Waals surface area contributed by atoms with E-state index in [9.17, 15) is 4.39 Å². The number of nitrogens with two attached hydrogens (primary N) is 1. The monoisotopic (exact) mass is 270 g/mol. The van der Waals surface area contributed by atoms with Gasteiger partial charge in [0.1, 0.15) is 5.82 Å². The van der Waals surface area contributed by atoms with E-state index < -0.39 is 5.82 Å². The summed E-state index contributed by atoms with van der Waals surface area (Å²) in [5.41, 5.74) is 2.71. The summed E-state index contributed by atoms with van der Waals surface area (Å²) in [5, 5.41) is 3.27. The third-order valence-corrected chi connectivity index (χ3v) is 3.19. The zero-order valence-corrected chi connectivity index (χ0v) is 10.7. The highest BCUT2D eigenvalue weighted by atomic mass is 35.5. The van der Waals surface area contributed by atoms with Crippen LogP contribution < -0.4 is 16.6 Å². The number of nitrogens with one attached hydrogen (secondary N) is 2.